The second kappa shape index (κ2) is 5.29. The highest BCUT2D eigenvalue weighted by Crippen LogP contribution is 2.26. The predicted octanol–water partition coefficient (Wildman–Crippen LogP) is 1.75. The van der Waals surface area contributed by atoms with Gasteiger partial charge in [-0.15, -0.1) is 5.10 Å². The number of nitrogens with zero attached hydrogens (tertiary/aromatic N) is 3. The predicted molar refractivity (Wildman–Crippen MR) is 72.6 cm³/mol. The molecule has 0 spiro atoms. The van der Waals surface area contributed by atoms with Crippen LogP contribution in [-0.2, 0) is 12.1 Å². The van der Waals surface area contributed by atoms with Crippen LogP contribution >= 0.6 is 15.9 Å². The Hall–Kier alpha value is -1.80. The molecule has 6 nitrogen and oxygen atoms in total. The monoisotopic (exact) mass is 342 g/mol. The maximum absolute atomic E-state index is 13.9. The van der Waals surface area contributed by atoms with Crippen molar-refractivity contribution in [3.05, 3.63) is 45.9 Å². The molecule has 0 saturated carbocycles. The number of carboxylic acids is 1. The highest BCUT2D eigenvalue weighted by Gasteiger charge is 2.28. The molecule has 20 heavy (non-hydrogen) atoms. The first-order valence-corrected chi connectivity index (χ1v) is 6.47. The van der Waals surface area contributed by atoms with E-state index in [-0.39, 0.29) is 17.8 Å². The van der Waals surface area contributed by atoms with Gasteiger partial charge < -0.3 is 10.8 Å². The number of hydrogen-bond donors (Lipinski definition) is 2. The third-order valence-corrected chi connectivity index (χ3v) is 3.35. The molecule has 2 rings (SSSR count). The molecule has 1 heterocycles. The van der Waals surface area contributed by atoms with Crippen LogP contribution in [0.1, 0.15) is 23.0 Å². The maximum atomic E-state index is 13.9. The molecule has 0 radical (unpaired) electrons. The summed E-state index contributed by atoms with van der Waals surface area (Å²) in [6, 6.07) is 4.42. The molecule has 1 atom stereocenters. The fraction of sp³-hybridized carbons (Fsp3) is 0.250. The van der Waals surface area contributed by atoms with Crippen molar-refractivity contribution >= 4 is 21.9 Å². The van der Waals surface area contributed by atoms with Crippen molar-refractivity contribution in [2.75, 3.05) is 0 Å². The van der Waals surface area contributed by atoms with Gasteiger partial charge in [-0.2, -0.15) is 0 Å². The standard InChI is InChI=1S/C12H12BrFN4O2/c1-12(15,8-4-7(13)2-3-9(8)14)6-18-10(11(19)20)5-16-17-18/h2-5H,6,15H2,1H3,(H,19,20)/t12-/m0/s1. The number of rotatable bonds is 4. The summed E-state index contributed by atoms with van der Waals surface area (Å²) in [4.78, 5) is 11.0. The number of carboxylic acid groups (broad SMARTS) is 1. The molecule has 0 aliphatic heterocycles. The molecule has 0 amide bonds. The number of carbonyl (C=O) groups is 1. The van der Waals surface area contributed by atoms with E-state index in [2.05, 4.69) is 26.2 Å². The summed E-state index contributed by atoms with van der Waals surface area (Å²) in [5, 5.41) is 16.2. The van der Waals surface area contributed by atoms with E-state index in [1.165, 1.54) is 6.07 Å². The first-order chi connectivity index (χ1) is 9.31. The van der Waals surface area contributed by atoms with Crippen molar-refractivity contribution in [2.45, 2.75) is 19.0 Å². The molecule has 106 valence electrons. The van der Waals surface area contributed by atoms with E-state index in [1.807, 2.05) is 0 Å². The molecule has 0 fully saturated rings. The van der Waals surface area contributed by atoms with Crippen molar-refractivity contribution in [3.63, 3.8) is 0 Å². The number of nitrogens with two attached hydrogens (primary N) is 1. The van der Waals surface area contributed by atoms with Gasteiger partial charge in [-0.05, 0) is 25.1 Å². The molecular weight excluding hydrogens is 331 g/mol. The van der Waals surface area contributed by atoms with Crippen LogP contribution in [0.3, 0.4) is 0 Å². The quantitative estimate of drug-likeness (QED) is 0.882. The molecule has 1 aromatic carbocycles. The van der Waals surface area contributed by atoms with Crippen molar-refractivity contribution in [2.24, 2.45) is 5.73 Å². The largest absolute Gasteiger partial charge is 0.476 e. The summed E-state index contributed by atoms with van der Waals surface area (Å²) in [5.74, 6) is -1.63. The number of aromatic carboxylic acids is 1. The van der Waals surface area contributed by atoms with Gasteiger partial charge in [0.1, 0.15) is 5.82 Å². The molecule has 1 aromatic heterocycles. The first-order valence-electron chi connectivity index (χ1n) is 5.67. The lowest BCUT2D eigenvalue weighted by Gasteiger charge is -2.26. The van der Waals surface area contributed by atoms with Gasteiger partial charge >= 0.3 is 5.97 Å². The fourth-order valence-corrected chi connectivity index (χ4v) is 2.23. The van der Waals surface area contributed by atoms with Crippen LogP contribution in [0, 0.1) is 5.82 Å². The van der Waals surface area contributed by atoms with Crippen molar-refractivity contribution < 1.29 is 14.3 Å². The van der Waals surface area contributed by atoms with Crippen molar-refractivity contribution in [1.29, 1.82) is 0 Å². The van der Waals surface area contributed by atoms with E-state index in [0.29, 0.717) is 4.47 Å². The zero-order valence-electron chi connectivity index (χ0n) is 10.5. The maximum Gasteiger partial charge on any atom is 0.355 e. The topological polar surface area (TPSA) is 94.0 Å². The van der Waals surface area contributed by atoms with E-state index in [1.54, 1.807) is 19.1 Å². The summed E-state index contributed by atoms with van der Waals surface area (Å²) >= 11 is 3.25. The van der Waals surface area contributed by atoms with Crippen molar-refractivity contribution in [3.8, 4) is 0 Å². The molecular formula is C12H12BrFN4O2. The molecule has 8 heteroatoms. The summed E-state index contributed by atoms with van der Waals surface area (Å²) in [7, 11) is 0. The van der Waals surface area contributed by atoms with E-state index < -0.39 is 17.3 Å². The number of hydrogen-bond acceptors (Lipinski definition) is 4. The highest BCUT2D eigenvalue weighted by atomic mass is 79.9. The summed E-state index contributed by atoms with van der Waals surface area (Å²) in [5.41, 5.74) is 5.16. The molecule has 3 N–H and O–H groups in total. The van der Waals surface area contributed by atoms with Gasteiger partial charge in [0.2, 0.25) is 0 Å². The third-order valence-electron chi connectivity index (χ3n) is 2.86. The van der Waals surface area contributed by atoms with Gasteiger partial charge in [-0.1, -0.05) is 21.1 Å². The van der Waals surface area contributed by atoms with Crippen LogP contribution in [-0.4, -0.2) is 26.1 Å². The fourth-order valence-electron chi connectivity index (χ4n) is 1.87. The second-order valence-corrected chi connectivity index (χ2v) is 5.54. The summed E-state index contributed by atoms with van der Waals surface area (Å²) in [6.45, 7) is 1.59. The van der Waals surface area contributed by atoms with Crippen molar-refractivity contribution in [1.82, 2.24) is 15.0 Å². The number of benzene rings is 1. The number of aromatic nitrogens is 3. The lowest BCUT2D eigenvalue weighted by Crippen LogP contribution is -2.39. The Labute approximate surface area is 122 Å². The minimum absolute atomic E-state index is 0.0119. The van der Waals surface area contributed by atoms with E-state index in [9.17, 15) is 9.18 Å². The SMILES string of the molecule is C[C@](N)(Cn1nncc1C(=O)O)c1cc(Br)ccc1F. The zero-order valence-corrected chi connectivity index (χ0v) is 12.1. The Morgan fingerprint density at radius 2 is 2.30 bits per heavy atom. The second-order valence-electron chi connectivity index (χ2n) is 4.62. The van der Waals surface area contributed by atoms with Crippen LogP contribution in [0.4, 0.5) is 4.39 Å². The smallest absolute Gasteiger partial charge is 0.355 e. The average molecular weight is 343 g/mol. The minimum atomic E-state index is -1.17. The zero-order chi connectivity index (χ0) is 14.9. The Morgan fingerprint density at radius 1 is 1.60 bits per heavy atom. The van der Waals surface area contributed by atoms with Crippen LogP contribution in [0.2, 0.25) is 0 Å². The molecule has 0 saturated heterocycles. The van der Waals surface area contributed by atoms with Gasteiger partial charge in [-0.3, -0.25) is 0 Å². The van der Waals surface area contributed by atoms with Crippen LogP contribution in [0.15, 0.2) is 28.9 Å². The molecule has 0 bridgehead atoms. The van der Waals surface area contributed by atoms with Gasteiger partial charge in [-0.25, -0.2) is 13.9 Å². The van der Waals surface area contributed by atoms with Gasteiger partial charge in [0.15, 0.2) is 5.69 Å². The number of halogens is 2. The van der Waals surface area contributed by atoms with Crippen LogP contribution < -0.4 is 5.73 Å². The average Bonchev–Trinajstić information content (AvgIpc) is 2.79. The molecule has 0 aliphatic carbocycles. The van der Waals surface area contributed by atoms with Gasteiger partial charge in [0.25, 0.3) is 0 Å². The van der Waals surface area contributed by atoms with Crippen LogP contribution in [0.5, 0.6) is 0 Å². The summed E-state index contributed by atoms with van der Waals surface area (Å²) < 4.78 is 15.7. The van der Waals surface area contributed by atoms with E-state index in [0.717, 1.165) is 10.9 Å². The van der Waals surface area contributed by atoms with E-state index >= 15 is 0 Å². The highest BCUT2D eigenvalue weighted by molar-refractivity contribution is 9.10. The summed E-state index contributed by atoms with van der Waals surface area (Å²) in [6.07, 6.45) is 1.12. The Morgan fingerprint density at radius 3 is 2.95 bits per heavy atom. The molecule has 2 aromatic rings. The van der Waals surface area contributed by atoms with E-state index in [4.69, 9.17) is 10.8 Å². The minimum Gasteiger partial charge on any atom is -0.476 e. The van der Waals surface area contributed by atoms with Crippen LogP contribution in [0.25, 0.3) is 0 Å². The Kier molecular flexibility index (Phi) is 3.87. The first kappa shape index (κ1) is 14.6. The Bertz CT molecular complexity index is 657. The third kappa shape index (κ3) is 2.86. The lowest BCUT2D eigenvalue weighted by atomic mass is 9.92. The normalized spacial score (nSPS) is 14.0. The molecule has 0 aliphatic rings. The van der Waals surface area contributed by atoms with Gasteiger partial charge in [0.05, 0.1) is 18.3 Å². The molecule has 0 unspecified atom stereocenters. The van der Waals surface area contributed by atoms with Gasteiger partial charge in [0, 0.05) is 10.0 Å². The lowest BCUT2D eigenvalue weighted by molar-refractivity contribution is 0.0681. The Balaban J connectivity index is 2.38.